The Morgan fingerprint density at radius 1 is 1.12 bits per heavy atom. The second kappa shape index (κ2) is 8.76. The Labute approximate surface area is 153 Å². The molecule has 2 aromatic rings. The molecule has 1 saturated heterocycles. The summed E-state index contributed by atoms with van der Waals surface area (Å²) >= 11 is 1.71. The maximum Gasteiger partial charge on any atom is 0.223 e. The van der Waals surface area contributed by atoms with E-state index in [1.807, 2.05) is 53.6 Å². The van der Waals surface area contributed by atoms with Crippen LogP contribution in [0.15, 0.2) is 53.6 Å². The smallest absolute Gasteiger partial charge is 0.223 e. The van der Waals surface area contributed by atoms with E-state index in [0.717, 1.165) is 48.4 Å². The van der Waals surface area contributed by atoms with Crippen molar-refractivity contribution in [2.45, 2.75) is 11.3 Å². The lowest BCUT2D eigenvalue weighted by Gasteiger charge is -2.35. The predicted octanol–water partition coefficient (Wildman–Crippen LogP) is 2.92. The number of piperazine rings is 1. The lowest BCUT2D eigenvalue weighted by molar-refractivity contribution is -0.131. The molecule has 2 heterocycles. The number of carbonyl (C=O) groups excluding carboxylic acids is 1. The number of nitrogens with zero attached hydrogens (tertiary/aromatic N) is 3. The van der Waals surface area contributed by atoms with Crippen LogP contribution in [-0.2, 0) is 4.79 Å². The van der Waals surface area contributed by atoms with E-state index in [1.165, 1.54) is 0 Å². The Morgan fingerprint density at radius 3 is 2.52 bits per heavy atom. The number of rotatable bonds is 6. The highest BCUT2D eigenvalue weighted by molar-refractivity contribution is 7.99. The van der Waals surface area contributed by atoms with Crippen molar-refractivity contribution in [3.63, 3.8) is 0 Å². The number of methoxy groups -OCH3 is 1. The van der Waals surface area contributed by atoms with E-state index < -0.39 is 0 Å². The number of ether oxygens (including phenoxy) is 1. The molecule has 0 N–H and O–H groups in total. The number of amides is 1. The summed E-state index contributed by atoms with van der Waals surface area (Å²) in [4.78, 5) is 22.1. The van der Waals surface area contributed by atoms with Crippen LogP contribution in [0.25, 0.3) is 0 Å². The zero-order chi connectivity index (χ0) is 17.5. The monoisotopic (exact) mass is 357 g/mol. The molecule has 1 aliphatic rings. The maximum absolute atomic E-state index is 12.4. The van der Waals surface area contributed by atoms with Crippen LogP contribution in [0.5, 0.6) is 5.75 Å². The lowest BCUT2D eigenvalue weighted by atomic mass is 10.3. The first-order chi connectivity index (χ1) is 12.3. The van der Waals surface area contributed by atoms with Gasteiger partial charge in [0.1, 0.15) is 11.6 Å². The summed E-state index contributed by atoms with van der Waals surface area (Å²) in [5, 5.41) is 0. The van der Waals surface area contributed by atoms with Gasteiger partial charge in [-0.25, -0.2) is 4.98 Å². The molecule has 1 fully saturated rings. The average Bonchev–Trinajstić information content (AvgIpc) is 2.69. The zero-order valence-corrected chi connectivity index (χ0v) is 15.2. The second-order valence-corrected chi connectivity index (χ2v) is 7.00. The lowest BCUT2D eigenvalue weighted by Crippen LogP contribution is -2.49. The van der Waals surface area contributed by atoms with Gasteiger partial charge in [-0.15, -0.1) is 11.8 Å². The fraction of sp³-hybridized carbons (Fsp3) is 0.368. The summed E-state index contributed by atoms with van der Waals surface area (Å²) in [5.74, 6) is 2.88. The fourth-order valence-electron chi connectivity index (χ4n) is 2.81. The highest BCUT2D eigenvalue weighted by atomic mass is 32.2. The molecule has 25 heavy (non-hydrogen) atoms. The number of hydrogen-bond donors (Lipinski definition) is 0. The van der Waals surface area contributed by atoms with Gasteiger partial charge >= 0.3 is 0 Å². The maximum atomic E-state index is 12.4. The van der Waals surface area contributed by atoms with Crippen LogP contribution in [0.1, 0.15) is 6.42 Å². The summed E-state index contributed by atoms with van der Waals surface area (Å²) < 4.78 is 5.15. The molecule has 0 atom stereocenters. The van der Waals surface area contributed by atoms with Crippen molar-refractivity contribution in [2.75, 3.05) is 43.9 Å². The van der Waals surface area contributed by atoms with E-state index in [1.54, 1.807) is 18.9 Å². The Bertz CT molecular complexity index is 671. The number of hydrogen-bond acceptors (Lipinski definition) is 5. The van der Waals surface area contributed by atoms with Crippen molar-refractivity contribution in [2.24, 2.45) is 0 Å². The van der Waals surface area contributed by atoms with E-state index >= 15 is 0 Å². The molecule has 1 aromatic carbocycles. The van der Waals surface area contributed by atoms with Crippen LogP contribution in [0, 0.1) is 0 Å². The van der Waals surface area contributed by atoms with E-state index in [2.05, 4.69) is 9.88 Å². The molecule has 0 spiro atoms. The third kappa shape index (κ3) is 4.89. The molecule has 1 aliphatic heterocycles. The van der Waals surface area contributed by atoms with Crippen molar-refractivity contribution in [3.8, 4) is 5.75 Å². The summed E-state index contributed by atoms with van der Waals surface area (Å²) in [6, 6.07) is 13.9. The number of aromatic nitrogens is 1. The van der Waals surface area contributed by atoms with E-state index in [-0.39, 0.29) is 5.91 Å². The highest BCUT2D eigenvalue weighted by Gasteiger charge is 2.21. The van der Waals surface area contributed by atoms with Gasteiger partial charge in [-0.3, -0.25) is 4.79 Å². The van der Waals surface area contributed by atoms with Crippen molar-refractivity contribution in [3.05, 3.63) is 48.7 Å². The number of thioether (sulfide) groups is 1. The molecule has 1 amide bonds. The number of benzene rings is 1. The first kappa shape index (κ1) is 17.6. The Hall–Kier alpha value is -2.21. The van der Waals surface area contributed by atoms with Crippen molar-refractivity contribution >= 4 is 23.5 Å². The van der Waals surface area contributed by atoms with E-state index in [9.17, 15) is 4.79 Å². The number of carbonyl (C=O) groups is 1. The molecule has 132 valence electrons. The molecule has 6 heteroatoms. The minimum atomic E-state index is 0.238. The molecular formula is C19H23N3O2S. The topological polar surface area (TPSA) is 45.7 Å². The Balaban J connectivity index is 1.40. The first-order valence-corrected chi connectivity index (χ1v) is 9.45. The second-order valence-electron chi connectivity index (χ2n) is 5.83. The summed E-state index contributed by atoms with van der Waals surface area (Å²) in [5.41, 5.74) is 0. The van der Waals surface area contributed by atoms with Crippen LogP contribution in [0.4, 0.5) is 5.82 Å². The van der Waals surface area contributed by atoms with Gasteiger partial charge in [0.15, 0.2) is 0 Å². The Morgan fingerprint density at radius 2 is 1.88 bits per heavy atom. The summed E-state index contributed by atoms with van der Waals surface area (Å²) in [7, 11) is 1.66. The van der Waals surface area contributed by atoms with Gasteiger partial charge in [0.05, 0.1) is 7.11 Å². The third-order valence-electron chi connectivity index (χ3n) is 4.25. The molecule has 1 aromatic heterocycles. The van der Waals surface area contributed by atoms with Crippen molar-refractivity contribution in [1.29, 1.82) is 0 Å². The van der Waals surface area contributed by atoms with Gasteiger partial charge in [0.2, 0.25) is 5.91 Å². The highest BCUT2D eigenvalue weighted by Crippen LogP contribution is 2.22. The molecular weight excluding hydrogens is 334 g/mol. The van der Waals surface area contributed by atoms with Crippen LogP contribution < -0.4 is 9.64 Å². The number of anilines is 1. The molecule has 0 saturated carbocycles. The number of pyridine rings is 1. The average molecular weight is 357 g/mol. The minimum Gasteiger partial charge on any atom is -0.497 e. The van der Waals surface area contributed by atoms with Gasteiger partial charge in [0.25, 0.3) is 0 Å². The molecule has 0 bridgehead atoms. The molecule has 0 aliphatic carbocycles. The van der Waals surface area contributed by atoms with Gasteiger partial charge in [0, 0.05) is 49.4 Å². The fourth-order valence-corrected chi connectivity index (χ4v) is 3.65. The van der Waals surface area contributed by atoms with Crippen LogP contribution in [0.3, 0.4) is 0 Å². The Kier molecular flexibility index (Phi) is 6.17. The van der Waals surface area contributed by atoms with Crippen LogP contribution in [0.2, 0.25) is 0 Å². The molecule has 0 radical (unpaired) electrons. The largest absolute Gasteiger partial charge is 0.497 e. The van der Waals surface area contributed by atoms with Crippen LogP contribution >= 0.6 is 11.8 Å². The summed E-state index contributed by atoms with van der Waals surface area (Å²) in [6.45, 7) is 3.22. The summed E-state index contributed by atoms with van der Waals surface area (Å²) in [6.07, 6.45) is 2.38. The SMILES string of the molecule is COc1ccc(SCCC(=O)N2CCN(c3ccccn3)CC2)cc1. The van der Waals surface area contributed by atoms with E-state index in [0.29, 0.717) is 6.42 Å². The van der Waals surface area contributed by atoms with Gasteiger partial charge in [-0.2, -0.15) is 0 Å². The third-order valence-corrected chi connectivity index (χ3v) is 5.26. The molecule has 3 rings (SSSR count). The minimum absolute atomic E-state index is 0.238. The quantitative estimate of drug-likeness (QED) is 0.744. The molecule has 0 unspecified atom stereocenters. The van der Waals surface area contributed by atoms with Gasteiger partial charge in [-0.1, -0.05) is 6.07 Å². The first-order valence-electron chi connectivity index (χ1n) is 8.47. The normalized spacial score (nSPS) is 14.4. The van der Waals surface area contributed by atoms with Crippen molar-refractivity contribution in [1.82, 2.24) is 9.88 Å². The van der Waals surface area contributed by atoms with Crippen LogP contribution in [-0.4, -0.2) is 54.8 Å². The van der Waals surface area contributed by atoms with Crippen molar-refractivity contribution < 1.29 is 9.53 Å². The molecule has 5 nitrogen and oxygen atoms in total. The van der Waals surface area contributed by atoms with Gasteiger partial charge < -0.3 is 14.5 Å². The van der Waals surface area contributed by atoms with E-state index in [4.69, 9.17) is 4.74 Å². The standard InChI is InChI=1S/C19H23N3O2S/c1-24-16-5-7-17(8-6-16)25-15-9-19(23)22-13-11-21(12-14-22)18-4-2-3-10-20-18/h2-8,10H,9,11-15H2,1H3. The zero-order valence-electron chi connectivity index (χ0n) is 14.4. The predicted molar refractivity (Wildman–Crippen MR) is 101 cm³/mol. The van der Waals surface area contributed by atoms with Gasteiger partial charge in [-0.05, 0) is 36.4 Å².